The van der Waals surface area contributed by atoms with Crippen LogP contribution in [0.4, 0.5) is 17.2 Å². The molecule has 0 saturated heterocycles. The fraction of sp³-hybridized carbons (Fsp3) is 0.143. The minimum atomic E-state index is -2.70. The zero-order valence-corrected chi connectivity index (χ0v) is 26.5. The van der Waals surface area contributed by atoms with E-state index in [1.165, 1.54) is 22.3 Å². The zero-order valence-electron chi connectivity index (χ0n) is 24.0. The summed E-state index contributed by atoms with van der Waals surface area (Å²) < 4.78 is 8.83. The van der Waals surface area contributed by atoms with Gasteiger partial charge in [-0.2, -0.15) is 5.10 Å². The molecule has 1 atom stereocenters. The Kier molecular flexibility index (Phi) is 6.45. The predicted molar refractivity (Wildman–Crippen MR) is 180 cm³/mol. The van der Waals surface area contributed by atoms with Crippen molar-refractivity contribution >= 4 is 57.0 Å². The molecule has 3 heterocycles. The Hall–Kier alpha value is -3.99. The van der Waals surface area contributed by atoms with Crippen molar-refractivity contribution in [2.75, 3.05) is 11.9 Å². The number of benzene rings is 4. The average Bonchev–Trinajstić information content (AvgIpc) is 3.46. The first-order chi connectivity index (χ1) is 20.3. The van der Waals surface area contributed by atoms with Crippen molar-refractivity contribution < 1.29 is 0 Å². The molecule has 5 aromatic rings. The second-order valence-corrected chi connectivity index (χ2v) is 15.1. The van der Waals surface area contributed by atoms with E-state index in [9.17, 15) is 0 Å². The van der Waals surface area contributed by atoms with Gasteiger partial charge in [-0.15, -0.1) is 0 Å². The highest BCUT2D eigenvalue weighted by Crippen LogP contribution is 2.64. The molecule has 0 N–H and O–H groups in total. The standard InChI is InChI=1S/C35H31BrN5P/c1-24-32-34(41(38-24)27-13-7-5-8-14-27)37-23-31(33-35(2,3)29-17-11-12-18-30(29)40(33)4)42(32,28-15-9-6-10-16-28)39-26-21-19-25(36)20-22-26/h5-23H,1-4H3/b33-31+. The monoisotopic (exact) mass is 631 g/mol. The first kappa shape index (κ1) is 26.9. The highest BCUT2D eigenvalue weighted by molar-refractivity contribution is 9.10. The number of halogens is 1. The lowest BCUT2D eigenvalue weighted by molar-refractivity contribution is 0.639. The number of likely N-dealkylation sites (N-methyl/N-ethyl adjacent to an activating group) is 1. The maximum atomic E-state index is 5.82. The Bertz CT molecular complexity index is 1940. The lowest BCUT2D eigenvalue weighted by atomic mass is 9.84. The van der Waals surface area contributed by atoms with Crippen molar-refractivity contribution in [3.63, 3.8) is 0 Å². The Balaban J connectivity index is 1.66. The van der Waals surface area contributed by atoms with Crippen LogP contribution in [-0.2, 0) is 5.41 Å². The quantitative estimate of drug-likeness (QED) is 0.187. The molecule has 0 radical (unpaired) electrons. The van der Waals surface area contributed by atoms with Crippen molar-refractivity contribution in [3.8, 4) is 5.69 Å². The van der Waals surface area contributed by atoms with Crippen LogP contribution in [-0.4, -0.2) is 23.0 Å². The molecular weight excluding hydrogens is 601 g/mol. The van der Waals surface area contributed by atoms with Crippen LogP contribution in [0.25, 0.3) is 5.69 Å². The Morgan fingerprint density at radius 2 is 1.45 bits per heavy atom. The lowest BCUT2D eigenvalue weighted by Gasteiger charge is -2.35. The summed E-state index contributed by atoms with van der Waals surface area (Å²) in [6.07, 6.45) is 2.09. The van der Waals surface area contributed by atoms with E-state index >= 15 is 0 Å². The normalized spacial score (nSPS) is 20.4. The second-order valence-electron chi connectivity index (χ2n) is 11.2. The van der Waals surface area contributed by atoms with Gasteiger partial charge >= 0.3 is 0 Å². The second kappa shape index (κ2) is 10.1. The van der Waals surface area contributed by atoms with E-state index in [2.05, 4.69) is 146 Å². The number of para-hydroxylation sites is 2. The van der Waals surface area contributed by atoms with Crippen LogP contribution < -0.4 is 15.5 Å². The molecule has 0 bridgehead atoms. The van der Waals surface area contributed by atoms with Crippen molar-refractivity contribution in [3.05, 3.63) is 136 Å². The predicted octanol–water partition coefficient (Wildman–Crippen LogP) is 8.78. The van der Waals surface area contributed by atoms with E-state index in [0.29, 0.717) is 0 Å². The smallest absolute Gasteiger partial charge is 0.165 e. The number of hydrogen-bond donors (Lipinski definition) is 0. The summed E-state index contributed by atoms with van der Waals surface area (Å²) in [6, 6.07) is 38.1. The third-order valence-corrected chi connectivity index (χ3v) is 12.6. The van der Waals surface area contributed by atoms with Crippen LogP contribution in [0, 0.1) is 6.92 Å². The third-order valence-electron chi connectivity index (χ3n) is 8.32. The highest BCUT2D eigenvalue weighted by Gasteiger charge is 2.47. The number of fused-ring (bicyclic) bond motifs is 2. The lowest BCUT2D eigenvalue weighted by Crippen LogP contribution is -2.30. The molecule has 2 aliphatic heterocycles. The molecule has 208 valence electrons. The fourth-order valence-electron chi connectivity index (χ4n) is 6.50. The summed E-state index contributed by atoms with van der Waals surface area (Å²) in [5.41, 5.74) is 6.34. The highest BCUT2D eigenvalue weighted by atomic mass is 79.9. The molecule has 0 aliphatic carbocycles. The van der Waals surface area contributed by atoms with Gasteiger partial charge in [-0.3, -0.25) is 4.74 Å². The first-order valence-corrected chi connectivity index (χ1v) is 16.6. The molecule has 4 aromatic carbocycles. The average molecular weight is 633 g/mol. The topological polar surface area (TPSA) is 45.8 Å². The Morgan fingerprint density at radius 3 is 2.14 bits per heavy atom. The largest absolute Gasteiger partial charge is 0.346 e. The number of aryl methyl sites for hydroxylation is 1. The van der Waals surface area contributed by atoms with E-state index in [1.54, 1.807) is 0 Å². The number of allylic oxidation sites excluding steroid dienone is 2. The van der Waals surface area contributed by atoms with Crippen LogP contribution in [0.15, 0.2) is 134 Å². The summed E-state index contributed by atoms with van der Waals surface area (Å²) in [5.74, 6) is 0.845. The van der Waals surface area contributed by atoms with E-state index in [-0.39, 0.29) is 5.41 Å². The van der Waals surface area contributed by atoms with Crippen LogP contribution in [0.5, 0.6) is 0 Å². The fourth-order valence-corrected chi connectivity index (χ4v) is 10.9. The third kappa shape index (κ3) is 4.00. The van der Waals surface area contributed by atoms with Gasteiger partial charge in [0.05, 0.1) is 29.4 Å². The minimum Gasteiger partial charge on any atom is -0.346 e. The van der Waals surface area contributed by atoms with Gasteiger partial charge in [0.15, 0.2) is 5.82 Å². The van der Waals surface area contributed by atoms with Crippen LogP contribution in [0.3, 0.4) is 0 Å². The van der Waals surface area contributed by atoms with Crippen molar-refractivity contribution in [1.29, 1.82) is 0 Å². The Morgan fingerprint density at radius 1 is 0.810 bits per heavy atom. The molecule has 0 fully saturated rings. The van der Waals surface area contributed by atoms with Gasteiger partial charge in [0, 0.05) is 45.2 Å². The molecule has 5 nitrogen and oxygen atoms in total. The van der Waals surface area contributed by atoms with Gasteiger partial charge < -0.3 is 4.90 Å². The Labute approximate surface area is 255 Å². The molecule has 1 aromatic heterocycles. The molecule has 0 amide bonds. The number of hydrogen-bond acceptors (Lipinski definition) is 4. The van der Waals surface area contributed by atoms with Crippen LogP contribution in [0.1, 0.15) is 25.1 Å². The SMILES string of the molecule is Cc1nn(-c2ccccc2)c2c1P(=Nc1ccc(Br)cc1)(c1ccccc1)/C(=C1/N(C)c3ccccc3C1(C)C)C=N2. The molecule has 42 heavy (non-hydrogen) atoms. The van der Waals surface area contributed by atoms with Gasteiger partial charge in [-0.1, -0.05) is 96.5 Å². The number of aromatic nitrogens is 2. The molecule has 7 heteroatoms. The molecule has 1 unspecified atom stereocenters. The first-order valence-electron chi connectivity index (χ1n) is 14.0. The van der Waals surface area contributed by atoms with Crippen molar-refractivity contribution in [2.24, 2.45) is 9.74 Å². The summed E-state index contributed by atoms with van der Waals surface area (Å²) in [7, 11) is -0.518. The van der Waals surface area contributed by atoms with Gasteiger partial charge in [0.25, 0.3) is 0 Å². The maximum Gasteiger partial charge on any atom is 0.165 e. The van der Waals surface area contributed by atoms with Gasteiger partial charge in [0.1, 0.15) is 0 Å². The number of rotatable bonds is 3. The molecule has 0 saturated carbocycles. The summed E-state index contributed by atoms with van der Waals surface area (Å²) >= 11 is 3.62. The minimum absolute atomic E-state index is 0.261. The van der Waals surface area contributed by atoms with E-state index in [0.717, 1.165) is 38.0 Å². The van der Waals surface area contributed by atoms with Crippen LogP contribution >= 0.6 is 23.0 Å². The molecular formula is C35H31BrN5P. The molecule has 0 spiro atoms. The van der Waals surface area contributed by atoms with E-state index in [4.69, 9.17) is 14.8 Å². The van der Waals surface area contributed by atoms with E-state index < -0.39 is 7.05 Å². The summed E-state index contributed by atoms with van der Waals surface area (Å²) in [5, 5.41) is 8.56. The molecule has 2 aliphatic rings. The van der Waals surface area contributed by atoms with Gasteiger partial charge in [-0.05, 0) is 55.0 Å². The number of aliphatic imine (C=N–C) groups is 1. The number of nitrogens with zero attached hydrogens (tertiary/aromatic N) is 5. The zero-order chi connectivity index (χ0) is 29.1. The van der Waals surface area contributed by atoms with Crippen LogP contribution in [0.2, 0.25) is 0 Å². The van der Waals surface area contributed by atoms with Gasteiger partial charge in [0.2, 0.25) is 0 Å². The summed E-state index contributed by atoms with van der Waals surface area (Å²) in [6.45, 7) is 6.75. The maximum absolute atomic E-state index is 5.82. The number of anilines is 1. The van der Waals surface area contributed by atoms with E-state index in [1.807, 2.05) is 22.9 Å². The molecule has 7 rings (SSSR count). The van der Waals surface area contributed by atoms with Gasteiger partial charge in [-0.25, -0.2) is 9.67 Å². The van der Waals surface area contributed by atoms with Crippen molar-refractivity contribution in [2.45, 2.75) is 26.2 Å². The van der Waals surface area contributed by atoms with Crippen molar-refractivity contribution in [1.82, 2.24) is 9.78 Å². The summed E-state index contributed by atoms with van der Waals surface area (Å²) in [4.78, 5) is 7.56.